The van der Waals surface area contributed by atoms with Crippen molar-refractivity contribution in [3.8, 4) is 0 Å². The number of hydrogen-bond donors (Lipinski definition) is 0. The standard InChI is InChI=1S/C15H30O2Si2/c1-9-12-11-13(10-2)15(17-19(6,7)8)14(12)16-18(3,4)5/h11-12H,9-10H2,1-8H3. The zero-order chi connectivity index (χ0) is 14.8. The molecule has 0 saturated heterocycles. The molecule has 19 heavy (non-hydrogen) atoms. The van der Waals surface area contributed by atoms with Crippen molar-refractivity contribution < 1.29 is 8.85 Å². The minimum Gasteiger partial charge on any atom is -0.544 e. The van der Waals surface area contributed by atoms with Crippen LogP contribution in [0.1, 0.15) is 26.7 Å². The van der Waals surface area contributed by atoms with Gasteiger partial charge in [0.2, 0.25) is 16.6 Å². The molecule has 0 amide bonds. The Morgan fingerprint density at radius 3 is 1.84 bits per heavy atom. The van der Waals surface area contributed by atoms with Crippen LogP contribution in [0.15, 0.2) is 23.2 Å². The molecule has 0 bridgehead atoms. The predicted molar refractivity (Wildman–Crippen MR) is 88.0 cm³/mol. The molecule has 0 radical (unpaired) electrons. The molecule has 1 aliphatic rings. The first-order valence-electron chi connectivity index (χ1n) is 7.40. The Morgan fingerprint density at radius 1 is 0.947 bits per heavy atom. The number of hydrogen-bond acceptors (Lipinski definition) is 2. The van der Waals surface area contributed by atoms with E-state index in [9.17, 15) is 0 Å². The Labute approximate surface area is 121 Å². The Bertz CT molecular complexity index is 384. The summed E-state index contributed by atoms with van der Waals surface area (Å²) in [6, 6.07) is 0. The van der Waals surface area contributed by atoms with Crippen molar-refractivity contribution in [1.82, 2.24) is 0 Å². The van der Waals surface area contributed by atoms with Crippen LogP contribution in [0.3, 0.4) is 0 Å². The Balaban J connectivity index is 3.14. The van der Waals surface area contributed by atoms with Crippen LogP contribution >= 0.6 is 0 Å². The summed E-state index contributed by atoms with van der Waals surface area (Å²) >= 11 is 0. The van der Waals surface area contributed by atoms with Crippen molar-refractivity contribution in [3.63, 3.8) is 0 Å². The molecule has 0 aliphatic heterocycles. The van der Waals surface area contributed by atoms with Gasteiger partial charge < -0.3 is 8.85 Å². The van der Waals surface area contributed by atoms with E-state index in [0.717, 1.165) is 24.4 Å². The van der Waals surface area contributed by atoms with Gasteiger partial charge in [0, 0.05) is 5.92 Å². The molecule has 0 N–H and O–H groups in total. The molecule has 4 heteroatoms. The molecule has 2 nitrogen and oxygen atoms in total. The number of allylic oxidation sites excluding steroid dienone is 2. The van der Waals surface area contributed by atoms with Crippen LogP contribution in [0.2, 0.25) is 39.3 Å². The van der Waals surface area contributed by atoms with Crippen molar-refractivity contribution in [2.45, 2.75) is 66.0 Å². The van der Waals surface area contributed by atoms with Gasteiger partial charge in [-0.1, -0.05) is 19.9 Å². The van der Waals surface area contributed by atoms with E-state index in [4.69, 9.17) is 8.85 Å². The highest BCUT2D eigenvalue weighted by molar-refractivity contribution is 6.70. The van der Waals surface area contributed by atoms with Crippen LogP contribution in [-0.2, 0) is 8.85 Å². The first kappa shape index (κ1) is 16.6. The maximum atomic E-state index is 6.36. The van der Waals surface area contributed by atoms with Crippen molar-refractivity contribution in [1.29, 1.82) is 0 Å². The van der Waals surface area contributed by atoms with E-state index in [2.05, 4.69) is 59.2 Å². The molecule has 1 unspecified atom stereocenters. The monoisotopic (exact) mass is 298 g/mol. The lowest BCUT2D eigenvalue weighted by atomic mass is 10.1. The molecule has 0 fully saturated rings. The fraction of sp³-hybridized carbons (Fsp3) is 0.733. The van der Waals surface area contributed by atoms with Crippen LogP contribution in [-0.4, -0.2) is 16.6 Å². The Hall–Kier alpha value is -0.486. The van der Waals surface area contributed by atoms with Crippen molar-refractivity contribution in [2.24, 2.45) is 5.92 Å². The molecule has 1 aliphatic carbocycles. The second-order valence-electron chi connectivity index (χ2n) is 7.18. The van der Waals surface area contributed by atoms with E-state index < -0.39 is 16.6 Å². The third-order valence-corrected chi connectivity index (χ3v) is 4.55. The second kappa shape index (κ2) is 5.87. The van der Waals surface area contributed by atoms with Gasteiger partial charge in [0.15, 0.2) is 0 Å². The molecular weight excluding hydrogens is 268 g/mol. The summed E-state index contributed by atoms with van der Waals surface area (Å²) in [5, 5.41) is 0. The van der Waals surface area contributed by atoms with Gasteiger partial charge in [-0.15, -0.1) is 0 Å². The highest BCUT2D eigenvalue weighted by Crippen LogP contribution is 2.38. The maximum Gasteiger partial charge on any atom is 0.242 e. The molecular formula is C15H30O2Si2. The predicted octanol–water partition coefficient (Wildman–Crippen LogP) is 5.28. The summed E-state index contributed by atoms with van der Waals surface area (Å²) in [6.45, 7) is 17.8. The molecule has 110 valence electrons. The fourth-order valence-corrected chi connectivity index (χ4v) is 3.92. The third kappa shape index (κ3) is 4.84. The topological polar surface area (TPSA) is 18.5 Å². The molecule has 0 spiro atoms. The van der Waals surface area contributed by atoms with Gasteiger partial charge in [-0.2, -0.15) is 0 Å². The normalized spacial score (nSPS) is 20.6. The summed E-state index contributed by atoms with van der Waals surface area (Å²) in [6.07, 6.45) is 4.46. The zero-order valence-electron chi connectivity index (χ0n) is 13.9. The van der Waals surface area contributed by atoms with Crippen LogP contribution < -0.4 is 0 Å². The Kier molecular flexibility index (Phi) is 5.12. The van der Waals surface area contributed by atoms with Gasteiger partial charge in [0.1, 0.15) is 11.5 Å². The molecule has 1 atom stereocenters. The molecule has 0 saturated carbocycles. The summed E-state index contributed by atoms with van der Waals surface area (Å²) < 4.78 is 12.7. The first-order chi connectivity index (χ1) is 8.57. The van der Waals surface area contributed by atoms with E-state index in [1.54, 1.807) is 0 Å². The fourth-order valence-electron chi connectivity index (χ4n) is 2.18. The largest absolute Gasteiger partial charge is 0.544 e. The van der Waals surface area contributed by atoms with E-state index in [0.29, 0.717) is 5.92 Å². The van der Waals surface area contributed by atoms with Gasteiger partial charge in [-0.05, 0) is 57.7 Å². The van der Waals surface area contributed by atoms with Gasteiger partial charge in [0.25, 0.3) is 0 Å². The van der Waals surface area contributed by atoms with Gasteiger partial charge in [-0.3, -0.25) is 0 Å². The van der Waals surface area contributed by atoms with Crippen LogP contribution in [0, 0.1) is 5.92 Å². The van der Waals surface area contributed by atoms with E-state index in [-0.39, 0.29) is 0 Å². The third-order valence-electron chi connectivity index (χ3n) is 2.90. The van der Waals surface area contributed by atoms with Crippen LogP contribution in [0.4, 0.5) is 0 Å². The van der Waals surface area contributed by atoms with Gasteiger partial charge in [-0.25, -0.2) is 0 Å². The SMILES string of the molecule is CCC1=CC(CC)C(O[Si](C)(C)C)=C1O[Si](C)(C)C. The van der Waals surface area contributed by atoms with E-state index >= 15 is 0 Å². The molecule has 0 aromatic carbocycles. The molecule has 0 aromatic heterocycles. The summed E-state index contributed by atoms with van der Waals surface area (Å²) in [4.78, 5) is 0. The van der Waals surface area contributed by atoms with Crippen LogP contribution in [0.25, 0.3) is 0 Å². The summed E-state index contributed by atoms with van der Waals surface area (Å²) in [7, 11) is -3.20. The Morgan fingerprint density at radius 2 is 1.47 bits per heavy atom. The molecule has 0 aromatic rings. The van der Waals surface area contributed by atoms with Crippen molar-refractivity contribution >= 4 is 16.6 Å². The maximum absolute atomic E-state index is 6.36. The lowest BCUT2D eigenvalue weighted by molar-refractivity contribution is 0.321. The molecule has 1 rings (SSSR count). The van der Waals surface area contributed by atoms with Crippen molar-refractivity contribution in [3.05, 3.63) is 23.2 Å². The van der Waals surface area contributed by atoms with E-state index in [1.807, 2.05) is 0 Å². The highest BCUT2D eigenvalue weighted by atomic mass is 28.4. The minimum absolute atomic E-state index is 0.410. The second-order valence-corrected chi connectivity index (χ2v) is 16.0. The average Bonchev–Trinajstić information content (AvgIpc) is 2.52. The summed E-state index contributed by atoms with van der Waals surface area (Å²) in [5.74, 6) is 2.59. The smallest absolute Gasteiger partial charge is 0.242 e. The van der Waals surface area contributed by atoms with E-state index in [1.165, 1.54) is 5.57 Å². The van der Waals surface area contributed by atoms with Gasteiger partial charge >= 0.3 is 0 Å². The lowest BCUT2D eigenvalue weighted by Crippen LogP contribution is -2.29. The molecule has 0 heterocycles. The zero-order valence-corrected chi connectivity index (χ0v) is 15.9. The quantitative estimate of drug-likeness (QED) is 0.621. The minimum atomic E-state index is -1.60. The van der Waals surface area contributed by atoms with Gasteiger partial charge in [0.05, 0.1) is 0 Å². The average molecular weight is 299 g/mol. The first-order valence-corrected chi connectivity index (χ1v) is 14.2. The van der Waals surface area contributed by atoms with Crippen molar-refractivity contribution in [2.75, 3.05) is 0 Å². The highest BCUT2D eigenvalue weighted by Gasteiger charge is 2.33. The summed E-state index contributed by atoms with van der Waals surface area (Å²) in [5.41, 5.74) is 1.34. The lowest BCUT2D eigenvalue weighted by Gasteiger charge is -2.28. The van der Waals surface area contributed by atoms with Crippen LogP contribution in [0.5, 0.6) is 0 Å². The number of rotatable bonds is 6.